The molecule has 0 amide bonds. The first-order valence-electron chi connectivity index (χ1n) is 11.1. The van der Waals surface area contributed by atoms with Gasteiger partial charge in [-0.05, 0) is 54.9 Å². The molecule has 1 aromatic heterocycles. The van der Waals surface area contributed by atoms with E-state index < -0.39 is 0 Å². The van der Waals surface area contributed by atoms with E-state index >= 15 is 0 Å². The van der Waals surface area contributed by atoms with Crippen molar-refractivity contribution in [1.29, 1.82) is 0 Å². The van der Waals surface area contributed by atoms with E-state index in [0.29, 0.717) is 58.0 Å². The minimum atomic E-state index is -0.244. The van der Waals surface area contributed by atoms with Gasteiger partial charge in [-0.1, -0.05) is 47.5 Å². The molecule has 1 fully saturated rings. The maximum Gasteiger partial charge on any atom is 0.153 e. The highest BCUT2D eigenvalue weighted by molar-refractivity contribution is 6.43. The monoisotopic (exact) mass is 486 g/mol. The first-order valence-corrected chi connectivity index (χ1v) is 11.8. The Hall–Kier alpha value is -2.25. The van der Waals surface area contributed by atoms with E-state index in [1.54, 1.807) is 12.1 Å². The number of nitrogens with two attached hydrogens (primary N) is 1. The molecule has 2 aromatic carbocycles. The minimum Gasteiger partial charge on any atom is -0.390 e. The van der Waals surface area contributed by atoms with Crippen LogP contribution in [0.15, 0.2) is 36.4 Å². The molecule has 0 unspecified atom stereocenters. The van der Waals surface area contributed by atoms with Crippen LogP contribution in [0.5, 0.6) is 0 Å². The molecule has 3 N–H and O–H groups in total. The van der Waals surface area contributed by atoms with Crippen LogP contribution in [0.1, 0.15) is 41.4 Å². The van der Waals surface area contributed by atoms with Crippen molar-refractivity contribution in [3.05, 3.63) is 74.8 Å². The third kappa shape index (κ3) is 3.69. The second-order valence-corrected chi connectivity index (χ2v) is 9.78. The molecule has 8 heteroatoms. The molecule has 1 aliphatic carbocycles. The zero-order valence-electron chi connectivity index (χ0n) is 18.3. The predicted octanol–water partition coefficient (Wildman–Crippen LogP) is 5.23. The van der Waals surface area contributed by atoms with Crippen molar-refractivity contribution < 1.29 is 9.50 Å². The largest absolute Gasteiger partial charge is 0.390 e. The van der Waals surface area contributed by atoms with Crippen LogP contribution in [0, 0.1) is 18.2 Å². The molecule has 5 nitrogen and oxygen atoms in total. The Morgan fingerprint density at radius 2 is 1.88 bits per heavy atom. The van der Waals surface area contributed by atoms with Gasteiger partial charge in [0.25, 0.3) is 0 Å². The Morgan fingerprint density at radius 3 is 2.58 bits per heavy atom. The Balaban J connectivity index is 1.42. The highest BCUT2D eigenvalue weighted by Crippen LogP contribution is 2.51. The zero-order valence-corrected chi connectivity index (χ0v) is 19.8. The van der Waals surface area contributed by atoms with Gasteiger partial charge in [-0.2, -0.15) is 0 Å². The molecule has 172 valence electrons. The Kier molecular flexibility index (Phi) is 5.81. The van der Waals surface area contributed by atoms with Gasteiger partial charge < -0.3 is 15.7 Å². The molecule has 0 radical (unpaired) electrons. The highest BCUT2D eigenvalue weighted by atomic mass is 35.5. The number of aliphatic hydroxyl groups excluding tert-OH is 1. The quantitative estimate of drug-likeness (QED) is 0.529. The zero-order chi connectivity index (χ0) is 23.3. The summed E-state index contributed by atoms with van der Waals surface area (Å²) in [5, 5.41) is 10.9. The average Bonchev–Trinajstić information content (AvgIpc) is 3.09. The molecule has 33 heavy (non-hydrogen) atoms. The number of aryl methyl sites for hydroxylation is 1. The maximum absolute atomic E-state index is 14.4. The number of aliphatic hydroxyl groups is 1. The number of halogens is 3. The van der Waals surface area contributed by atoms with Crippen molar-refractivity contribution in [2.45, 2.75) is 38.8 Å². The van der Waals surface area contributed by atoms with E-state index in [9.17, 15) is 9.50 Å². The highest BCUT2D eigenvalue weighted by Gasteiger charge is 2.47. The molecule has 3 aromatic rings. The first-order chi connectivity index (χ1) is 15.8. The fourth-order valence-corrected chi connectivity index (χ4v) is 5.73. The van der Waals surface area contributed by atoms with Crippen LogP contribution in [0.25, 0.3) is 11.3 Å². The molecule has 1 aliphatic heterocycles. The normalized spacial score (nSPS) is 19.2. The van der Waals surface area contributed by atoms with Crippen LogP contribution in [-0.4, -0.2) is 28.2 Å². The number of rotatable bonds is 3. The lowest BCUT2D eigenvalue weighted by Gasteiger charge is -2.43. The van der Waals surface area contributed by atoms with Crippen LogP contribution in [-0.2, 0) is 13.0 Å². The topological polar surface area (TPSA) is 75.3 Å². The molecule has 2 aliphatic rings. The Morgan fingerprint density at radius 1 is 1.15 bits per heavy atom. The standard InChI is InChI=1S/C25H25Cl2FN4O/c1-14-22(16-5-2-6-18(26)21(16)27)31-20(13-33)24(30-14)32-10-8-25(9-11-32)12-17-15(23(25)29)4-3-7-19(17)28/h2-7,23,33H,8-13,29H2,1H3/t23-/m1/s1. The number of piperidine rings is 1. The van der Waals surface area contributed by atoms with Gasteiger partial charge in [0.15, 0.2) is 5.82 Å². The lowest BCUT2D eigenvalue weighted by molar-refractivity contribution is 0.186. The second-order valence-electron chi connectivity index (χ2n) is 9.00. The van der Waals surface area contributed by atoms with E-state index in [4.69, 9.17) is 38.9 Å². The summed E-state index contributed by atoms with van der Waals surface area (Å²) >= 11 is 12.6. The summed E-state index contributed by atoms with van der Waals surface area (Å²) in [5.41, 5.74) is 10.6. The van der Waals surface area contributed by atoms with Gasteiger partial charge in [-0.15, -0.1) is 0 Å². The summed E-state index contributed by atoms with van der Waals surface area (Å²) < 4.78 is 14.4. The van der Waals surface area contributed by atoms with Crippen LogP contribution in [0.4, 0.5) is 10.2 Å². The van der Waals surface area contributed by atoms with E-state index in [2.05, 4.69) is 4.90 Å². The van der Waals surface area contributed by atoms with Crippen molar-refractivity contribution in [2.75, 3.05) is 18.0 Å². The van der Waals surface area contributed by atoms with Crippen molar-refractivity contribution in [1.82, 2.24) is 9.97 Å². The van der Waals surface area contributed by atoms with Gasteiger partial charge >= 0.3 is 0 Å². The number of aromatic nitrogens is 2. The van der Waals surface area contributed by atoms with Crippen LogP contribution in [0.2, 0.25) is 10.0 Å². The fourth-order valence-electron chi connectivity index (χ4n) is 5.34. The van der Waals surface area contributed by atoms with Crippen molar-refractivity contribution >= 4 is 29.0 Å². The lowest BCUT2D eigenvalue weighted by atomic mass is 9.73. The van der Waals surface area contributed by atoms with Crippen LogP contribution < -0.4 is 10.6 Å². The van der Waals surface area contributed by atoms with E-state index in [1.165, 1.54) is 6.07 Å². The third-order valence-electron chi connectivity index (χ3n) is 7.22. The summed E-state index contributed by atoms with van der Waals surface area (Å²) in [4.78, 5) is 11.7. The molecule has 0 bridgehead atoms. The van der Waals surface area contributed by atoms with Gasteiger partial charge in [0.2, 0.25) is 0 Å². The molecule has 2 heterocycles. The minimum absolute atomic E-state index is 0.156. The van der Waals surface area contributed by atoms with Gasteiger partial charge in [0.1, 0.15) is 11.5 Å². The summed E-state index contributed by atoms with van der Waals surface area (Å²) in [5.74, 6) is 0.503. The van der Waals surface area contributed by atoms with Crippen LogP contribution >= 0.6 is 23.2 Å². The van der Waals surface area contributed by atoms with Gasteiger partial charge in [0.05, 0.1) is 28.0 Å². The smallest absolute Gasteiger partial charge is 0.153 e. The number of hydrogen-bond acceptors (Lipinski definition) is 5. The maximum atomic E-state index is 14.4. The molecule has 1 spiro atoms. The van der Waals surface area contributed by atoms with Gasteiger partial charge in [-0.3, -0.25) is 0 Å². The van der Waals surface area contributed by atoms with Crippen molar-refractivity contribution in [3.63, 3.8) is 0 Å². The lowest BCUT2D eigenvalue weighted by Crippen LogP contribution is -2.45. The van der Waals surface area contributed by atoms with E-state index in [-0.39, 0.29) is 23.9 Å². The molecule has 5 rings (SSSR count). The fraction of sp³-hybridized carbons (Fsp3) is 0.360. The third-order valence-corrected chi connectivity index (χ3v) is 8.03. The number of benzene rings is 2. The number of anilines is 1. The Labute approximate surface area is 202 Å². The summed E-state index contributed by atoms with van der Waals surface area (Å²) in [6, 6.07) is 10.4. The molecule has 1 atom stereocenters. The van der Waals surface area contributed by atoms with Gasteiger partial charge in [-0.25, -0.2) is 14.4 Å². The van der Waals surface area contributed by atoms with E-state index in [1.807, 2.05) is 25.1 Å². The molecular formula is C25H25Cl2FN4O. The summed E-state index contributed by atoms with van der Waals surface area (Å²) in [6.45, 7) is 3.05. The number of nitrogens with zero attached hydrogens (tertiary/aromatic N) is 3. The molecule has 1 saturated heterocycles. The predicted molar refractivity (Wildman–Crippen MR) is 129 cm³/mol. The molecular weight excluding hydrogens is 462 g/mol. The summed E-state index contributed by atoms with van der Waals surface area (Å²) in [7, 11) is 0. The average molecular weight is 487 g/mol. The van der Waals surface area contributed by atoms with Crippen molar-refractivity contribution in [3.8, 4) is 11.3 Å². The first kappa shape index (κ1) is 22.5. The van der Waals surface area contributed by atoms with Crippen molar-refractivity contribution in [2.24, 2.45) is 11.1 Å². The number of hydrogen-bond donors (Lipinski definition) is 2. The summed E-state index contributed by atoms with van der Waals surface area (Å²) in [6.07, 6.45) is 2.29. The second kappa shape index (κ2) is 8.51. The number of fused-ring (bicyclic) bond motifs is 1. The SMILES string of the molecule is Cc1nc(N2CCC3(CC2)Cc2c(F)cccc2[C@H]3N)c(CO)nc1-c1cccc(Cl)c1Cl. The van der Waals surface area contributed by atoms with E-state index in [0.717, 1.165) is 24.0 Å². The van der Waals surface area contributed by atoms with Gasteiger partial charge in [0, 0.05) is 24.7 Å². The Bertz CT molecular complexity index is 1230. The molecule has 0 saturated carbocycles. The van der Waals surface area contributed by atoms with Crippen LogP contribution in [0.3, 0.4) is 0 Å².